The minimum Gasteiger partial charge on any atom is -0.274 e. The molecule has 1 aliphatic heterocycles. The molecule has 0 N–H and O–H groups in total. The maximum Gasteiger partial charge on any atom is 0.268 e. The highest BCUT2D eigenvalue weighted by molar-refractivity contribution is 8.04. The Morgan fingerprint density at radius 2 is 1.64 bits per heavy atom. The molecule has 0 saturated heterocycles. The minimum absolute atomic E-state index is 0.182. The van der Waals surface area contributed by atoms with Gasteiger partial charge < -0.3 is 0 Å². The fourth-order valence-electron chi connectivity index (χ4n) is 2.30. The Morgan fingerprint density at radius 3 is 2.14 bits per heavy atom. The van der Waals surface area contributed by atoms with Crippen molar-refractivity contribution in [2.24, 2.45) is 5.92 Å². The molecule has 22 heavy (non-hydrogen) atoms. The van der Waals surface area contributed by atoms with Gasteiger partial charge in [0.25, 0.3) is 11.8 Å². The number of benzene rings is 1. The van der Waals surface area contributed by atoms with Crippen molar-refractivity contribution >= 4 is 29.1 Å². The molecule has 0 saturated carbocycles. The van der Waals surface area contributed by atoms with Crippen molar-refractivity contribution in [1.82, 2.24) is 4.90 Å². The molecule has 1 aromatic carbocycles. The average molecular weight is 321 g/mol. The van der Waals surface area contributed by atoms with Crippen molar-refractivity contribution in [3.05, 3.63) is 40.6 Å². The number of carbonyl (C=O) groups excluding carboxylic acids is 2. The number of hydrogen-bond donors (Lipinski definition) is 0. The zero-order valence-corrected chi connectivity index (χ0v) is 14.0. The summed E-state index contributed by atoms with van der Waals surface area (Å²) in [5.74, 6) is -0.686. The molecule has 0 fully saturated rings. The third-order valence-electron chi connectivity index (χ3n) is 3.16. The highest BCUT2D eigenvalue weighted by atomic mass is 32.2. The summed E-state index contributed by atoms with van der Waals surface area (Å²) in [5, 5.41) is 0.182. The van der Waals surface area contributed by atoms with Crippen LogP contribution in [0.2, 0.25) is 0 Å². The lowest BCUT2D eigenvalue weighted by Gasteiger charge is -2.17. The number of nitrogens with zero attached hydrogens (tertiary/aromatic N) is 1. The van der Waals surface area contributed by atoms with Crippen molar-refractivity contribution in [1.29, 1.82) is 0 Å². The normalized spacial score (nSPS) is 15.7. The van der Waals surface area contributed by atoms with Gasteiger partial charge in [-0.25, -0.2) is 4.39 Å². The van der Waals surface area contributed by atoms with E-state index in [0.717, 1.165) is 0 Å². The molecule has 1 heterocycles. The largest absolute Gasteiger partial charge is 0.274 e. The number of amides is 2. The SMILES string of the molecule is CC(C)CN1C(=O)C(SC(C)C)=C(c2ccc(F)cc2)C1=O. The highest BCUT2D eigenvalue weighted by Gasteiger charge is 2.39. The summed E-state index contributed by atoms with van der Waals surface area (Å²) in [7, 11) is 0. The molecule has 118 valence electrons. The first kappa shape index (κ1) is 16.7. The van der Waals surface area contributed by atoms with Gasteiger partial charge in [-0.1, -0.05) is 39.8 Å². The van der Waals surface area contributed by atoms with Gasteiger partial charge in [0.05, 0.1) is 10.5 Å². The predicted molar refractivity (Wildman–Crippen MR) is 87.6 cm³/mol. The Bertz CT molecular complexity index is 620. The topological polar surface area (TPSA) is 37.4 Å². The van der Waals surface area contributed by atoms with E-state index in [1.165, 1.54) is 28.8 Å². The molecule has 0 aliphatic carbocycles. The third kappa shape index (κ3) is 3.40. The van der Waals surface area contributed by atoms with Crippen molar-refractivity contribution in [2.75, 3.05) is 6.54 Å². The van der Waals surface area contributed by atoms with Gasteiger partial charge >= 0.3 is 0 Å². The molecular weight excluding hydrogens is 301 g/mol. The predicted octanol–water partition coefficient (Wildman–Crippen LogP) is 3.70. The first-order valence-electron chi connectivity index (χ1n) is 7.34. The van der Waals surface area contributed by atoms with Gasteiger partial charge in [0.1, 0.15) is 5.82 Å². The molecular formula is C17H20FNO2S. The van der Waals surface area contributed by atoms with Crippen LogP contribution in [-0.2, 0) is 9.59 Å². The maximum absolute atomic E-state index is 13.1. The van der Waals surface area contributed by atoms with Gasteiger partial charge in [-0.3, -0.25) is 14.5 Å². The number of halogens is 1. The van der Waals surface area contributed by atoms with Crippen LogP contribution in [0.15, 0.2) is 29.2 Å². The maximum atomic E-state index is 13.1. The molecule has 3 nitrogen and oxygen atoms in total. The van der Waals surface area contributed by atoms with E-state index in [9.17, 15) is 14.0 Å². The minimum atomic E-state index is -0.363. The summed E-state index contributed by atoms with van der Waals surface area (Å²) in [6.07, 6.45) is 0. The van der Waals surface area contributed by atoms with Crippen LogP contribution in [0.3, 0.4) is 0 Å². The molecule has 0 atom stereocenters. The van der Waals surface area contributed by atoms with E-state index in [2.05, 4.69) is 0 Å². The number of hydrogen-bond acceptors (Lipinski definition) is 3. The molecule has 2 amide bonds. The van der Waals surface area contributed by atoms with Gasteiger partial charge in [0, 0.05) is 11.8 Å². The van der Waals surface area contributed by atoms with Crippen LogP contribution in [-0.4, -0.2) is 28.5 Å². The molecule has 0 unspecified atom stereocenters. The molecule has 5 heteroatoms. The third-order valence-corrected chi connectivity index (χ3v) is 4.25. The van der Waals surface area contributed by atoms with Crippen LogP contribution in [0.25, 0.3) is 5.57 Å². The summed E-state index contributed by atoms with van der Waals surface area (Å²) in [4.78, 5) is 27.0. The van der Waals surface area contributed by atoms with Crippen LogP contribution in [0.1, 0.15) is 33.3 Å². The molecule has 0 bridgehead atoms. The summed E-state index contributed by atoms with van der Waals surface area (Å²) < 4.78 is 13.1. The van der Waals surface area contributed by atoms with Gasteiger partial charge in [0.15, 0.2) is 0 Å². The Hall–Kier alpha value is -1.62. The van der Waals surface area contributed by atoms with Gasteiger partial charge in [-0.05, 0) is 23.6 Å². The summed E-state index contributed by atoms with van der Waals surface area (Å²) in [5.41, 5.74) is 0.985. The fraction of sp³-hybridized carbons (Fsp3) is 0.412. The Labute approximate surface area is 134 Å². The zero-order chi connectivity index (χ0) is 16.4. The van der Waals surface area contributed by atoms with Crippen molar-refractivity contribution in [3.8, 4) is 0 Å². The second-order valence-electron chi connectivity index (χ2n) is 5.99. The Kier molecular flexibility index (Phi) is 5.06. The molecule has 1 aromatic rings. The summed E-state index contributed by atoms with van der Waals surface area (Å²) >= 11 is 1.39. The lowest BCUT2D eigenvalue weighted by Crippen LogP contribution is -2.34. The van der Waals surface area contributed by atoms with Crippen LogP contribution in [0.4, 0.5) is 4.39 Å². The molecule has 0 aromatic heterocycles. The molecule has 2 rings (SSSR count). The number of carbonyl (C=O) groups is 2. The van der Waals surface area contributed by atoms with Crippen molar-refractivity contribution < 1.29 is 14.0 Å². The van der Waals surface area contributed by atoms with E-state index < -0.39 is 0 Å². The number of imide groups is 1. The van der Waals surface area contributed by atoms with Crippen LogP contribution < -0.4 is 0 Å². The first-order valence-corrected chi connectivity index (χ1v) is 8.22. The van der Waals surface area contributed by atoms with Crippen LogP contribution >= 0.6 is 11.8 Å². The second kappa shape index (κ2) is 6.65. The van der Waals surface area contributed by atoms with Gasteiger partial charge in [-0.15, -0.1) is 11.8 Å². The lowest BCUT2D eigenvalue weighted by molar-refractivity contribution is -0.137. The lowest BCUT2D eigenvalue weighted by atomic mass is 10.1. The monoisotopic (exact) mass is 321 g/mol. The molecule has 1 aliphatic rings. The summed E-state index contributed by atoms with van der Waals surface area (Å²) in [6.45, 7) is 8.27. The van der Waals surface area contributed by atoms with E-state index in [1.54, 1.807) is 12.1 Å². The van der Waals surface area contributed by atoms with E-state index in [1.807, 2.05) is 27.7 Å². The van der Waals surface area contributed by atoms with Crippen molar-refractivity contribution in [3.63, 3.8) is 0 Å². The van der Waals surface area contributed by atoms with E-state index in [-0.39, 0.29) is 28.8 Å². The van der Waals surface area contributed by atoms with E-state index in [4.69, 9.17) is 0 Å². The summed E-state index contributed by atoms with van der Waals surface area (Å²) in [6, 6.07) is 5.72. The van der Waals surface area contributed by atoms with E-state index >= 15 is 0 Å². The van der Waals surface area contributed by atoms with Crippen LogP contribution in [0, 0.1) is 11.7 Å². The molecule has 0 radical (unpaired) electrons. The van der Waals surface area contributed by atoms with Crippen molar-refractivity contribution in [2.45, 2.75) is 32.9 Å². The fourth-order valence-corrected chi connectivity index (χ4v) is 3.31. The number of rotatable bonds is 5. The number of thioether (sulfide) groups is 1. The van der Waals surface area contributed by atoms with E-state index in [0.29, 0.717) is 22.6 Å². The Morgan fingerprint density at radius 1 is 1.05 bits per heavy atom. The Balaban J connectivity index is 2.47. The standard InChI is InChI=1S/C17H20FNO2S/c1-10(2)9-19-16(20)14(12-5-7-13(18)8-6-12)15(17(19)21)22-11(3)4/h5-8,10-11H,9H2,1-4H3. The zero-order valence-electron chi connectivity index (χ0n) is 13.2. The van der Waals surface area contributed by atoms with Crippen LogP contribution in [0.5, 0.6) is 0 Å². The highest BCUT2D eigenvalue weighted by Crippen LogP contribution is 2.38. The molecule has 0 spiro atoms. The first-order chi connectivity index (χ1) is 10.3. The van der Waals surface area contributed by atoms with Gasteiger partial charge in [-0.2, -0.15) is 0 Å². The quantitative estimate of drug-likeness (QED) is 0.776. The smallest absolute Gasteiger partial charge is 0.268 e. The average Bonchev–Trinajstić information content (AvgIpc) is 2.64. The second-order valence-corrected chi connectivity index (χ2v) is 7.58. The van der Waals surface area contributed by atoms with Gasteiger partial charge in [0.2, 0.25) is 0 Å².